The third kappa shape index (κ3) is 4.50. The molecule has 0 bridgehead atoms. The lowest BCUT2D eigenvalue weighted by atomic mass is 10.2. The van der Waals surface area contributed by atoms with Crippen molar-refractivity contribution in [3.63, 3.8) is 0 Å². The average molecular weight is 258 g/mol. The Bertz CT molecular complexity index is 416. The van der Waals surface area contributed by atoms with Gasteiger partial charge in [0.25, 0.3) is 0 Å². The van der Waals surface area contributed by atoms with E-state index in [0.29, 0.717) is 16.4 Å². The van der Waals surface area contributed by atoms with Gasteiger partial charge in [0.2, 0.25) is 0 Å². The van der Waals surface area contributed by atoms with Gasteiger partial charge in [0.1, 0.15) is 5.60 Å². The number of benzene rings is 1. The number of amides is 1. The molecule has 0 heterocycles. The van der Waals surface area contributed by atoms with Gasteiger partial charge in [0, 0.05) is 5.02 Å². The van der Waals surface area contributed by atoms with Gasteiger partial charge >= 0.3 is 6.09 Å². The highest BCUT2D eigenvalue weighted by atomic mass is 35.5. The van der Waals surface area contributed by atoms with E-state index in [4.69, 9.17) is 22.2 Å². The number of rotatable bonds is 2. The Hall–Kier alpha value is -1.46. The third-order valence-electron chi connectivity index (χ3n) is 1.77. The molecule has 6 heteroatoms. The standard InChI is InChI=1S/C11H16ClN3O2/c1-11(2,3)17-10(16)14-9-6-7(12)4-5-8(9)15-13/h4-6,15H,13H2,1-3H3,(H,14,16). The van der Waals surface area contributed by atoms with Gasteiger partial charge in [0.05, 0.1) is 11.4 Å². The second-order valence-corrected chi connectivity index (χ2v) is 4.90. The maximum Gasteiger partial charge on any atom is 0.412 e. The van der Waals surface area contributed by atoms with E-state index in [1.54, 1.807) is 39.0 Å². The van der Waals surface area contributed by atoms with Crippen molar-refractivity contribution in [2.45, 2.75) is 26.4 Å². The summed E-state index contributed by atoms with van der Waals surface area (Å²) in [6.07, 6.45) is -0.559. The molecule has 1 amide bonds. The zero-order valence-electron chi connectivity index (χ0n) is 10.0. The minimum absolute atomic E-state index is 0.467. The number of nitrogens with one attached hydrogen (secondary N) is 2. The predicted octanol–water partition coefficient (Wildman–Crippen LogP) is 2.97. The van der Waals surface area contributed by atoms with Crippen molar-refractivity contribution in [3.05, 3.63) is 23.2 Å². The van der Waals surface area contributed by atoms with Gasteiger partial charge in [-0.25, -0.2) is 4.79 Å². The molecule has 0 radical (unpaired) electrons. The fourth-order valence-electron chi connectivity index (χ4n) is 1.16. The Morgan fingerprint density at radius 1 is 1.35 bits per heavy atom. The molecule has 1 rings (SSSR count). The Morgan fingerprint density at radius 3 is 2.53 bits per heavy atom. The lowest BCUT2D eigenvalue weighted by Gasteiger charge is -2.20. The first-order valence-electron chi connectivity index (χ1n) is 5.08. The summed E-state index contributed by atoms with van der Waals surface area (Å²) in [6.45, 7) is 5.35. The number of anilines is 2. The van der Waals surface area contributed by atoms with Crippen LogP contribution in [0.5, 0.6) is 0 Å². The van der Waals surface area contributed by atoms with E-state index in [1.807, 2.05) is 0 Å². The van der Waals surface area contributed by atoms with Crippen LogP contribution >= 0.6 is 11.6 Å². The summed E-state index contributed by atoms with van der Waals surface area (Å²) in [5, 5.41) is 3.07. The molecule has 17 heavy (non-hydrogen) atoms. The van der Waals surface area contributed by atoms with Gasteiger partial charge in [-0.2, -0.15) is 0 Å². The summed E-state index contributed by atoms with van der Waals surface area (Å²) in [4.78, 5) is 11.6. The summed E-state index contributed by atoms with van der Waals surface area (Å²) in [5.74, 6) is 5.32. The minimum Gasteiger partial charge on any atom is -0.444 e. The normalized spacial score (nSPS) is 10.9. The van der Waals surface area contributed by atoms with Crippen LogP contribution in [0.4, 0.5) is 16.2 Å². The number of halogens is 1. The van der Waals surface area contributed by atoms with Gasteiger partial charge in [0.15, 0.2) is 0 Å². The van der Waals surface area contributed by atoms with Crippen LogP contribution in [0.3, 0.4) is 0 Å². The van der Waals surface area contributed by atoms with E-state index in [1.165, 1.54) is 0 Å². The molecule has 0 saturated heterocycles. The van der Waals surface area contributed by atoms with E-state index in [0.717, 1.165) is 0 Å². The number of hydrazine groups is 1. The zero-order valence-corrected chi connectivity index (χ0v) is 10.8. The van der Waals surface area contributed by atoms with Gasteiger partial charge < -0.3 is 10.2 Å². The Kier molecular flexibility index (Phi) is 4.20. The van der Waals surface area contributed by atoms with Crippen molar-refractivity contribution >= 4 is 29.1 Å². The lowest BCUT2D eigenvalue weighted by molar-refractivity contribution is 0.0636. The fourth-order valence-corrected chi connectivity index (χ4v) is 1.33. The van der Waals surface area contributed by atoms with Crippen molar-refractivity contribution < 1.29 is 9.53 Å². The molecule has 0 aliphatic heterocycles. The molecule has 0 saturated carbocycles. The van der Waals surface area contributed by atoms with Crippen LogP contribution in [-0.4, -0.2) is 11.7 Å². The fraction of sp³-hybridized carbons (Fsp3) is 0.364. The van der Waals surface area contributed by atoms with Crippen LogP contribution in [0.2, 0.25) is 5.02 Å². The van der Waals surface area contributed by atoms with Gasteiger partial charge in [-0.15, -0.1) is 0 Å². The van der Waals surface area contributed by atoms with E-state index >= 15 is 0 Å². The van der Waals surface area contributed by atoms with Crippen molar-refractivity contribution in [3.8, 4) is 0 Å². The molecular formula is C11H16ClN3O2. The maximum atomic E-state index is 11.6. The topological polar surface area (TPSA) is 76.4 Å². The molecule has 5 nitrogen and oxygen atoms in total. The second kappa shape index (κ2) is 5.25. The highest BCUT2D eigenvalue weighted by molar-refractivity contribution is 6.31. The van der Waals surface area contributed by atoms with E-state index in [2.05, 4.69) is 10.7 Å². The number of carbonyl (C=O) groups is 1. The van der Waals surface area contributed by atoms with Crippen molar-refractivity contribution in [1.82, 2.24) is 0 Å². The summed E-state index contributed by atoms with van der Waals surface area (Å²) in [5.41, 5.74) is 2.93. The largest absolute Gasteiger partial charge is 0.444 e. The number of nitrogen functional groups attached to an aromatic ring is 1. The molecule has 0 spiro atoms. The molecule has 4 N–H and O–H groups in total. The van der Waals surface area contributed by atoms with Crippen molar-refractivity contribution in [2.24, 2.45) is 5.84 Å². The van der Waals surface area contributed by atoms with Crippen LogP contribution in [0.25, 0.3) is 0 Å². The quantitative estimate of drug-likeness (QED) is 0.562. The summed E-state index contributed by atoms with van der Waals surface area (Å²) >= 11 is 5.83. The Balaban J connectivity index is 2.80. The van der Waals surface area contributed by atoms with Crippen LogP contribution < -0.4 is 16.6 Å². The van der Waals surface area contributed by atoms with Crippen LogP contribution in [0.15, 0.2) is 18.2 Å². The van der Waals surface area contributed by atoms with Crippen molar-refractivity contribution in [2.75, 3.05) is 10.7 Å². The second-order valence-electron chi connectivity index (χ2n) is 4.46. The van der Waals surface area contributed by atoms with Gasteiger partial charge in [-0.05, 0) is 39.0 Å². The van der Waals surface area contributed by atoms with Crippen LogP contribution in [0, 0.1) is 0 Å². The number of nitrogens with two attached hydrogens (primary N) is 1. The summed E-state index contributed by atoms with van der Waals surface area (Å²) in [7, 11) is 0. The zero-order chi connectivity index (χ0) is 13.1. The molecular weight excluding hydrogens is 242 g/mol. The summed E-state index contributed by atoms with van der Waals surface area (Å²) < 4.78 is 5.12. The number of ether oxygens (including phenoxy) is 1. The number of hydrogen-bond acceptors (Lipinski definition) is 4. The smallest absolute Gasteiger partial charge is 0.412 e. The molecule has 0 aliphatic rings. The lowest BCUT2D eigenvalue weighted by Crippen LogP contribution is -2.27. The van der Waals surface area contributed by atoms with Crippen LogP contribution in [0.1, 0.15) is 20.8 Å². The third-order valence-corrected chi connectivity index (χ3v) is 2.01. The van der Waals surface area contributed by atoms with Crippen LogP contribution in [-0.2, 0) is 4.74 Å². The highest BCUT2D eigenvalue weighted by Crippen LogP contribution is 2.25. The Labute approximate surface area is 105 Å². The van der Waals surface area contributed by atoms with Gasteiger partial charge in [-0.1, -0.05) is 11.6 Å². The number of carbonyl (C=O) groups excluding carboxylic acids is 1. The minimum atomic E-state index is -0.559. The SMILES string of the molecule is CC(C)(C)OC(=O)Nc1cc(Cl)ccc1NN. The molecule has 94 valence electrons. The summed E-state index contributed by atoms with van der Waals surface area (Å²) in [6, 6.07) is 4.91. The van der Waals surface area contributed by atoms with E-state index in [9.17, 15) is 4.79 Å². The average Bonchev–Trinajstić information content (AvgIpc) is 2.14. The first kappa shape index (κ1) is 13.6. The monoisotopic (exact) mass is 257 g/mol. The Morgan fingerprint density at radius 2 is 2.00 bits per heavy atom. The maximum absolute atomic E-state index is 11.6. The highest BCUT2D eigenvalue weighted by Gasteiger charge is 2.17. The van der Waals surface area contributed by atoms with E-state index < -0.39 is 11.7 Å². The van der Waals surface area contributed by atoms with E-state index in [-0.39, 0.29) is 0 Å². The molecule has 1 aromatic carbocycles. The number of hydrogen-bond donors (Lipinski definition) is 3. The molecule has 0 aromatic heterocycles. The molecule has 0 unspecified atom stereocenters. The molecule has 1 aromatic rings. The first-order chi connectivity index (χ1) is 7.81. The molecule has 0 atom stereocenters. The van der Waals surface area contributed by atoms with Crippen molar-refractivity contribution in [1.29, 1.82) is 0 Å². The van der Waals surface area contributed by atoms with Gasteiger partial charge in [-0.3, -0.25) is 11.2 Å². The molecule has 0 fully saturated rings. The molecule has 0 aliphatic carbocycles. The first-order valence-corrected chi connectivity index (χ1v) is 5.46. The predicted molar refractivity (Wildman–Crippen MR) is 69.1 cm³/mol.